The Kier molecular flexibility index (Phi) is 4.91. The Hall–Kier alpha value is -1.67. The molecule has 0 aliphatic carbocycles. The van der Waals surface area contributed by atoms with E-state index < -0.39 is 0 Å². The van der Waals surface area contributed by atoms with Gasteiger partial charge in [-0.15, -0.1) is 0 Å². The standard InChI is InChI=1S/C18H22FN/c1-4-15-5-8-17(9-6-15)14(3)20-12-16-7-10-18(19)13(2)11-16/h5-11,14,20H,4,12H2,1-3H3. The van der Waals surface area contributed by atoms with Gasteiger partial charge in [-0.2, -0.15) is 0 Å². The van der Waals surface area contributed by atoms with Crippen LogP contribution in [0.2, 0.25) is 0 Å². The fourth-order valence-corrected chi connectivity index (χ4v) is 2.25. The van der Waals surface area contributed by atoms with E-state index in [0.717, 1.165) is 18.5 Å². The van der Waals surface area contributed by atoms with Crippen LogP contribution in [-0.2, 0) is 13.0 Å². The van der Waals surface area contributed by atoms with Crippen LogP contribution in [0.4, 0.5) is 4.39 Å². The number of benzene rings is 2. The molecule has 0 heterocycles. The Morgan fingerprint density at radius 1 is 1.05 bits per heavy atom. The van der Waals surface area contributed by atoms with E-state index in [1.54, 1.807) is 6.92 Å². The van der Waals surface area contributed by atoms with Crippen molar-refractivity contribution < 1.29 is 4.39 Å². The lowest BCUT2D eigenvalue weighted by atomic mass is 10.0. The third kappa shape index (κ3) is 3.67. The minimum atomic E-state index is -0.142. The largest absolute Gasteiger partial charge is 0.306 e. The first-order chi connectivity index (χ1) is 9.60. The molecule has 0 spiro atoms. The monoisotopic (exact) mass is 271 g/mol. The highest BCUT2D eigenvalue weighted by Gasteiger charge is 2.05. The maximum absolute atomic E-state index is 13.2. The summed E-state index contributed by atoms with van der Waals surface area (Å²) >= 11 is 0. The van der Waals surface area contributed by atoms with Gasteiger partial charge in [-0.25, -0.2) is 4.39 Å². The molecule has 0 aromatic heterocycles. The van der Waals surface area contributed by atoms with Gasteiger partial charge in [-0.1, -0.05) is 43.3 Å². The van der Waals surface area contributed by atoms with E-state index in [1.165, 1.54) is 17.2 Å². The van der Waals surface area contributed by atoms with Gasteiger partial charge in [0.2, 0.25) is 0 Å². The summed E-state index contributed by atoms with van der Waals surface area (Å²) in [6.45, 7) is 6.86. The summed E-state index contributed by atoms with van der Waals surface area (Å²) < 4.78 is 13.2. The van der Waals surface area contributed by atoms with Crippen LogP contribution >= 0.6 is 0 Å². The number of hydrogen-bond acceptors (Lipinski definition) is 1. The lowest BCUT2D eigenvalue weighted by Gasteiger charge is -2.15. The molecule has 0 amide bonds. The van der Waals surface area contributed by atoms with Gasteiger partial charge in [0, 0.05) is 12.6 Å². The molecule has 0 fully saturated rings. The molecule has 0 aliphatic heterocycles. The van der Waals surface area contributed by atoms with Crippen LogP contribution < -0.4 is 5.32 Å². The van der Waals surface area contributed by atoms with Gasteiger partial charge in [0.1, 0.15) is 5.82 Å². The summed E-state index contributed by atoms with van der Waals surface area (Å²) in [4.78, 5) is 0. The SMILES string of the molecule is CCc1ccc(C(C)NCc2ccc(F)c(C)c2)cc1. The van der Waals surface area contributed by atoms with Gasteiger partial charge >= 0.3 is 0 Å². The average Bonchev–Trinajstić information content (AvgIpc) is 2.48. The van der Waals surface area contributed by atoms with Gasteiger partial charge in [-0.05, 0) is 48.6 Å². The van der Waals surface area contributed by atoms with Gasteiger partial charge < -0.3 is 5.32 Å². The van der Waals surface area contributed by atoms with Crippen molar-refractivity contribution in [2.45, 2.75) is 39.8 Å². The lowest BCUT2D eigenvalue weighted by Crippen LogP contribution is -2.18. The second-order valence-corrected chi connectivity index (χ2v) is 5.28. The Morgan fingerprint density at radius 2 is 1.70 bits per heavy atom. The highest BCUT2D eigenvalue weighted by atomic mass is 19.1. The fraction of sp³-hybridized carbons (Fsp3) is 0.333. The molecule has 2 aromatic carbocycles. The molecule has 1 atom stereocenters. The summed E-state index contributed by atoms with van der Waals surface area (Å²) in [6.07, 6.45) is 1.07. The molecule has 1 nitrogen and oxygen atoms in total. The van der Waals surface area contributed by atoms with Crippen molar-refractivity contribution in [3.8, 4) is 0 Å². The zero-order chi connectivity index (χ0) is 14.5. The van der Waals surface area contributed by atoms with E-state index in [9.17, 15) is 4.39 Å². The molecule has 0 radical (unpaired) electrons. The summed E-state index contributed by atoms with van der Waals surface area (Å²) in [5, 5.41) is 3.48. The zero-order valence-electron chi connectivity index (χ0n) is 12.4. The molecule has 2 rings (SSSR count). The normalized spacial score (nSPS) is 12.4. The van der Waals surface area contributed by atoms with Crippen LogP contribution in [0, 0.1) is 12.7 Å². The van der Waals surface area contributed by atoms with Crippen molar-refractivity contribution in [3.63, 3.8) is 0 Å². The number of halogens is 1. The molecule has 106 valence electrons. The molecule has 0 saturated carbocycles. The smallest absolute Gasteiger partial charge is 0.126 e. The quantitative estimate of drug-likeness (QED) is 0.841. The molecule has 2 aromatic rings. The van der Waals surface area contributed by atoms with E-state index in [-0.39, 0.29) is 11.9 Å². The van der Waals surface area contributed by atoms with Crippen LogP contribution in [0.25, 0.3) is 0 Å². The van der Waals surface area contributed by atoms with Crippen molar-refractivity contribution in [1.82, 2.24) is 5.32 Å². The highest BCUT2D eigenvalue weighted by Crippen LogP contribution is 2.15. The average molecular weight is 271 g/mol. The van der Waals surface area contributed by atoms with Crippen molar-refractivity contribution in [2.24, 2.45) is 0 Å². The van der Waals surface area contributed by atoms with Crippen molar-refractivity contribution >= 4 is 0 Å². The van der Waals surface area contributed by atoms with Crippen molar-refractivity contribution in [2.75, 3.05) is 0 Å². The Bertz CT molecular complexity index is 560. The predicted molar refractivity (Wildman–Crippen MR) is 82.2 cm³/mol. The van der Waals surface area contributed by atoms with E-state index in [1.807, 2.05) is 12.1 Å². The molecule has 0 bridgehead atoms. The van der Waals surface area contributed by atoms with Crippen LogP contribution in [0.3, 0.4) is 0 Å². The fourth-order valence-electron chi connectivity index (χ4n) is 2.25. The van der Waals surface area contributed by atoms with Crippen LogP contribution in [0.15, 0.2) is 42.5 Å². The van der Waals surface area contributed by atoms with E-state index in [4.69, 9.17) is 0 Å². The summed E-state index contributed by atoms with van der Waals surface area (Å²) in [7, 11) is 0. The van der Waals surface area contributed by atoms with E-state index >= 15 is 0 Å². The second-order valence-electron chi connectivity index (χ2n) is 5.28. The number of nitrogens with one attached hydrogen (secondary N) is 1. The van der Waals surface area contributed by atoms with E-state index in [0.29, 0.717) is 5.56 Å². The molecule has 0 aliphatic rings. The third-order valence-corrected chi connectivity index (χ3v) is 3.72. The van der Waals surface area contributed by atoms with Crippen molar-refractivity contribution in [3.05, 3.63) is 70.5 Å². The molecule has 2 heteroatoms. The van der Waals surface area contributed by atoms with Gasteiger partial charge in [0.15, 0.2) is 0 Å². The summed E-state index contributed by atoms with van der Waals surface area (Å²) in [6, 6.07) is 14.3. The molecular weight excluding hydrogens is 249 g/mol. The molecular formula is C18H22FN. The topological polar surface area (TPSA) is 12.0 Å². The number of hydrogen-bond donors (Lipinski definition) is 1. The summed E-state index contributed by atoms with van der Waals surface area (Å²) in [5.74, 6) is -0.142. The molecule has 1 unspecified atom stereocenters. The highest BCUT2D eigenvalue weighted by molar-refractivity contribution is 5.26. The Balaban J connectivity index is 1.96. The predicted octanol–water partition coefficient (Wildman–Crippen LogP) is 4.55. The molecule has 1 N–H and O–H groups in total. The second kappa shape index (κ2) is 6.67. The number of aryl methyl sites for hydroxylation is 2. The maximum Gasteiger partial charge on any atom is 0.126 e. The van der Waals surface area contributed by atoms with Gasteiger partial charge in [0.25, 0.3) is 0 Å². The zero-order valence-corrected chi connectivity index (χ0v) is 12.4. The van der Waals surface area contributed by atoms with Crippen LogP contribution in [-0.4, -0.2) is 0 Å². The van der Waals surface area contributed by atoms with Crippen molar-refractivity contribution in [1.29, 1.82) is 0 Å². The first-order valence-corrected chi connectivity index (χ1v) is 7.17. The maximum atomic E-state index is 13.2. The Morgan fingerprint density at radius 3 is 2.30 bits per heavy atom. The molecule has 20 heavy (non-hydrogen) atoms. The first-order valence-electron chi connectivity index (χ1n) is 7.17. The minimum absolute atomic E-state index is 0.142. The molecule has 0 saturated heterocycles. The lowest BCUT2D eigenvalue weighted by molar-refractivity contribution is 0.571. The summed E-state index contributed by atoms with van der Waals surface area (Å²) in [5.41, 5.74) is 4.45. The first kappa shape index (κ1) is 14.7. The van der Waals surface area contributed by atoms with Crippen LogP contribution in [0.1, 0.15) is 42.1 Å². The number of rotatable bonds is 5. The van der Waals surface area contributed by atoms with Crippen LogP contribution in [0.5, 0.6) is 0 Å². The van der Waals surface area contributed by atoms with Gasteiger partial charge in [0.05, 0.1) is 0 Å². The van der Waals surface area contributed by atoms with Gasteiger partial charge in [-0.3, -0.25) is 0 Å². The third-order valence-electron chi connectivity index (χ3n) is 3.72. The Labute approximate surface area is 120 Å². The minimum Gasteiger partial charge on any atom is -0.306 e. The van der Waals surface area contributed by atoms with E-state index in [2.05, 4.69) is 43.4 Å².